The Labute approximate surface area is 116 Å². The number of thioether (sulfide) groups is 2. The molecule has 0 bridgehead atoms. The molecular formula is C13H17NO2S2. The molecule has 1 aromatic carbocycles. The largest absolute Gasteiger partial charge is 0.468 e. The molecule has 1 heterocycles. The second kappa shape index (κ2) is 6.50. The molecule has 2 N–H and O–H groups in total. The normalized spacial score (nSPS) is 19.3. The Balaban J connectivity index is 1.81. The van der Waals surface area contributed by atoms with E-state index in [2.05, 4.69) is 29.0 Å². The number of hydrogen-bond acceptors (Lipinski definition) is 5. The van der Waals surface area contributed by atoms with Gasteiger partial charge in [0, 0.05) is 28.1 Å². The van der Waals surface area contributed by atoms with Crippen LogP contribution in [0.2, 0.25) is 0 Å². The van der Waals surface area contributed by atoms with Gasteiger partial charge in [-0.15, -0.1) is 11.8 Å². The lowest BCUT2D eigenvalue weighted by molar-refractivity contribution is -0.141. The lowest BCUT2D eigenvalue weighted by Crippen LogP contribution is -2.34. The van der Waals surface area contributed by atoms with Crippen molar-refractivity contribution < 1.29 is 9.53 Å². The van der Waals surface area contributed by atoms with Gasteiger partial charge in [-0.1, -0.05) is 18.2 Å². The molecule has 0 radical (unpaired) electrons. The summed E-state index contributed by atoms with van der Waals surface area (Å²) in [6.07, 6.45) is 0. The van der Waals surface area contributed by atoms with Gasteiger partial charge in [0.2, 0.25) is 0 Å². The lowest BCUT2D eigenvalue weighted by atomic mass is 10.0. The fourth-order valence-electron chi connectivity index (χ4n) is 1.92. The Morgan fingerprint density at radius 2 is 2.39 bits per heavy atom. The zero-order valence-corrected chi connectivity index (χ0v) is 11.9. The van der Waals surface area contributed by atoms with Crippen molar-refractivity contribution in [3.05, 3.63) is 29.8 Å². The second-order valence-electron chi connectivity index (χ2n) is 4.21. The van der Waals surface area contributed by atoms with E-state index in [1.165, 1.54) is 17.6 Å². The van der Waals surface area contributed by atoms with Gasteiger partial charge in [0.05, 0.1) is 7.11 Å². The van der Waals surface area contributed by atoms with E-state index in [1.54, 1.807) is 11.8 Å². The number of nitrogens with two attached hydrogens (primary N) is 1. The summed E-state index contributed by atoms with van der Waals surface area (Å²) in [7, 11) is 1.37. The molecule has 5 heteroatoms. The fourth-order valence-corrected chi connectivity index (χ4v) is 4.44. The molecule has 0 spiro atoms. The summed E-state index contributed by atoms with van der Waals surface area (Å²) in [6, 6.07) is 8.02. The maximum atomic E-state index is 11.2. The molecule has 0 amide bonds. The number of carbonyl (C=O) groups is 1. The summed E-state index contributed by atoms with van der Waals surface area (Å²) in [5.74, 6) is 2.99. The Kier molecular flexibility index (Phi) is 4.97. The van der Waals surface area contributed by atoms with E-state index in [-0.39, 0.29) is 5.97 Å². The van der Waals surface area contributed by atoms with Crippen LogP contribution in [-0.2, 0) is 9.53 Å². The van der Waals surface area contributed by atoms with E-state index < -0.39 is 6.04 Å². The predicted molar refractivity (Wildman–Crippen MR) is 77.2 cm³/mol. The average Bonchev–Trinajstić information content (AvgIpc) is 2.81. The van der Waals surface area contributed by atoms with Crippen molar-refractivity contribution >= 4 is 29.5 Å². The summed E-state index contributed by atoms with van der Waals surface area (Å²) < 4.78 is 4.61. The number of ether oxygens (including phenoxy) is 1. The quantitative estimate of drug-likeness (QED) is 0.839. The highest BCUT2D eigenvalue weighted by atomic mass is 32.2. The van der Waals surface area contributed by atoms with Crippen molar-refractivity contribution in [1.82, 2.24) is 0 Å². The highest BCUT2D eigenvalue weighted by Gasteiger charge is 2.23. The molecule has 0 aliphatic carbocycles. The molecule has 1 aromatic rings. The average molecular weight is 283 g/mol. The van der Waals surface area contributed by atoms with Crippen LogP contribution in [-0.4, -0.2) is 36.4 Å². The third-order valence-corrected chi connectivity index (χ3v) is 5.40. The Morgan fingerprint density at radius 1 is 1.61 bits per heavy atom. The Morgan fingerprint density at radius 3 is 3.17 bits per heavy atom. The third-order valence-electron chi connectivity index (χ3n) is 2.92. The number of rotatable bonds is 5. The van der Waals surface area contributed by atoms with Crippen LogP contribution in [0.3, 0.4) is 0 Å². The van der Waals surface area contributed by atoms with Gasteiger partial charge < -0.3 is 10.5 Å². The van der Waals surface area contributed by atoms with Gasteiger partial charge in [-0.3, -0.25) is 4.79 Å². The summed E-state index contributed by atoms with van der Waals surface area (Å²) in [5, 5.41) is 0. The first-order chi connectivity index (χ1) is 8.72. The zero-order chi connectivity index (χ0) is 13.0. The highest BCUT2D eigenvalue weighted by molar-refractivity contribution is 8.00. The molecule has 1 aliphatic heterocycles. The van der Waals surface area contributed by atoms with Crippen LogP contribution in [0.25, 0.3) is 0 Å². The van der Waals surface area contributed by atoms with Crippen molar-refractivity contribution in [2.75, 3.05) is 24.4 Å². The summed E-state index contributed by atoms with van der Waals surface area (Å²) in [4.78, 5) is 12.6. The van der Waals surface area contributed by atoms with Gasteiger partial charge >= 0.3 is 5.97 Å². The minimum Gasteiger partial charge on any atom is -0.468 e. The number of esters is 1. The summed E-state index contributed by atoms with van der Waals surface area (Å²) in [6.45, 7) is 0. The topological polar surface area (TPSA) is 52.3 Å². The van der Waals surface area contributed by atoms with Gasteiger partial charge in [0.25, 0.3) is 0 Å². The molecule has 1 aliphatic rings. The molecular weight excluding hydrogens is 266 g/mol. The van der Waals surface area contributed by atoms with E-state index in [4.69, 9.17) is 5.73 Å². The van der Waals surface area contributed by atoms with Crippen LogP contribution in [0.1, 0.15) is 11.5 Å². The van der Waals surface area contributed by atoms with Gasteiger partial charge in [-0.25, -0.2) is 0 Å². The van der Waals surface area contributed by atoms with Crippen LogP contribution < -0.4 is 5.73 Å². The molecule has 3 nitrogen and oxygen atoms in total. The van der Waals surface area contributed by atoms with E-state index in [0.29, 0.717) is 11.7 Å². The summed E-state index contributed by atoms with van der Waals surface area (Å²) >= 11 is 3.64. The van der Waals surface area contributed by atoms with Crippen molar-refractivity contribution in [3.63, 3.8) is 0 Å². The van der Waals surface area contributed by atoms with Crippen molar-refractivity contribution in [2.24, 2.45) is 5.73 Å². The van der Waals surface area contributed by atoms with Crippen molar-refractivity contribution in [3.8, 4) is 0 Å². The van der Waals surface area contributed by atoms with E-state index in [9.17, 15) is 4.79 Å². The number of hydrogen-bond donors (Lipinski definition) is 1. The minimum absolute atomic E-state index is 0.330. The monoisotopic (exact) mass is 283 g/mol. The Hall–Kier alpha value is -0.650. The minimum atomic E-state index is -0.510. The van der Waals surface area contributed by atoms with Crippen LogP contribution in [0.4, 0.5) is 0 Å². The molecule has 0 aromatic heterocycles. The number of benzene rings is 1. The number of methoxy groups -OCH3 is 1. The number of carbonyl (C=O) groups excluding carboxylic acids is 1. The van der Waals surface area contributed by atoms with E-state index >= 15 is 0 Å². The second-order valence-corrected chi connectivity index (χ2v) is 6.35. The first kappa shape index (κ1) is 13.8. The molecule has 0 fully saturated rings. The van der Waals surface area contributed by atoms with Crippen LogP contribution >= 0.6 is 23.5 Å². The molecule has 2 rings (SSSR count). The zero-order valence-electron chi connectivity index (χ0n) is 10.3. The van der Waals surface area contributed by atoms with Crippen LogP contribution in [0.5, 0.6) is 0 Å². The highest BCUT2D eigenvalue weighted by Crippen LogP contribution is 2.40. The van der Waals surface area contributed by atoms with Gasteiger partial charge in [0.15, 0.2) is 0 Å². The lowest BCUT2D eigenvalue weighted by Gasteiger charge is -2.12. The molecule has 18 heavy (non-hydrogen) atoms. The van der Waals surface area contributed by atoms with E-state index in [0.717, 1.165) is 11.5 Å². The first-order valence-corrected chi connectivity index (χ1v) is 7.99. The first-order valence-electron chi connectivity index (χ1n) is 5.85. The molecule has 98 valence electrons. The molecule has 0 saturated heterocycles. The number of fused-ring (bicyclic) bond motifs is 1. The Bertz CT molecular complexity index is 425. The SMILES string of the molecule is COC(=O)C(N)CSCC1CSc2ccccc21. The third kappa shape index (κ3) is 3.22. The van der Waals surface area contributed by atoms with Crippen molar-refractivity contribution in [1.29, 1.82) is 0 Å². The van der Waals surface area contributed by atoms with Crippen molar-refractivity contribution in [2.45, 2.75) is 16.9 Å². The molecule has 2 atom stereocenters. The van der Waals surface area contributed by atoms with Gasteiger partial charge in [-0.05, 0) is 11.6 Å². The maximum absolute atomic E-state index is 11.2. The van der Waals surface area contributed by atoms with Gasteiger partial charge in [-0.2, -0.15) is 11.8 Å². The predicted octanol–water partition coefficient (Wildman–Crippen LogP) is 2.11. The maximum Gasteiger partial charge on any atom is 0.323 e. The summed E-state index contributed by atoms with van der Waals surface area (Å²) in [5.41, 5.74) is 7.14. The smallest absolute Gasteiger partial charge is 0.323 e. The fraction of sp³-hybridized carbons (Fsp3) is 0.462. The van der Waals surface area contributed by atoms with Crippen LogP contribution in [0, 0.1) is 0 Å². The van der Waals surface area contributed by atoms with Crippen LogP contribution in [0.15, 0.2) is 29.2 Å². The molecule has 2 unspecified atom stereocenters. The molecule has 0 saturated carbocycles. The van der Waals surface area contributed by atoms with Gasteiger partial charge in [0.1, 0.15) is 6.04 Å². The van der Waals surface area contributed by atoms with E-state index in [1.807, 2.05) is 11.8 Å². The standard InChI is InChI=1S/C13H17NO2S2/c1-16-13(15)11(14)8-17-6-9-7-18-12-5-3-2-4-10(9)12/h2-5,9,11H,6-8,14H2,1H3.